The quantitative estimate of drug-likeness (QED) is 0.772. The van der Waals surface area contributed by atoms with Crippen molar-refractivity contribution in [1.29, 1.82) is 0 Å². The van der Waals surface area contributed by atoms with E-state index in [1.54, 1.807) is 36.4 Å². The second-order valence-corrected chi connectivity index (χ2v) is 4.72. The maximum absolute atomic E-state index is 13.5. The topological polar surface area (TPSA) is 57.8 Å². The van der Waals surface area contributed by atoms with E-state index in [0.29, 0.717) is 35.4 Å². The van der Waals surface area contributed by atoms with Gasteiger partial charge in [-0.25, -0.2) is 9.37 Å². The molecule has 0 amide bonds. The average molecular weight is 283 g/mol. The summed E-state index contributed by atoms with van der Waals surface area (Å²) < 4.78 is 13.5. The number of rotatable bonds is 4. The molecule has 0 saturated heterocycles. The molecule has 5 heteroatoms. The van der Waals surface area contributed by atoms with E-state index in [-0.39, 0.29) is 11.4 Å². The van der Waals surface area contributed by atoms with E-state index in [1.807, 2.05) is 6.07 Å². The average Bonchev–Trinajstić information content (AvgIpc) is 2.49. The van der Waals surface area contributed by atoms with Gasteiger partial charge in [-0.15, -0.1) is 0 Å². The highest BCUT2D eigenvalue weighted by atomic mass is 19.1. The van der Waals surface area contributed by atoms with Crippen LogP contribution in [0, 0.1) is 5.82 Å². The highest BCUT2D eigenvalue weighted by molar-refractivity contribution is 5.77. The third-order valence-corrected chi connectivity index (χ3v) is 3.23. The number of H-pyrrole nitrogens is 1. The summed E-state index contributed by atoms with van der Waals surface area (Å²) in [5.41, 5.74) is 1.08. The van der Waals surface area contributed by atoms with Crippen molar-refractivity contribution in [2.75, 3.05) is 0 Å². The fourth-order valence-electron chi connectivity index (χ4n) is 2.18. The summed E-state index contributed by atoms with van der Waals surface area (Å²) in [6, 6.07) is 13.8. The van der Waals surface area contributed by atoms with Crippen LogP contribution in [0.2, 0.25) is 0 Å². The largest absolute Gasteiger partial charge is 0.309 e. The number of fused-ring (bicyclic) bond motifs is 1. The molecule has 1 heterocycles. The van der Waals surface area contributed by atoms with Crippen LogP contribution in [0.4, 0.5) is 4.39 Å². The molecule has 3 rings (SSSR count). The lowest BCUT2D eigenvalue weighted by Gasteiger charge is -2.06. The van der Waals surface area contributed by atoms with Crippen LogP contribution in [-0.4, -0.2) is 9.97 Å². The van der Waals surface area contributed by atoms with Crippen molar-refractivity contribution >= 4 is 10.9 Å². The Kier molecular flexibility index (Phi) is 3.75. The summed E-state index contributed by atoms with van der Waals surface area (Å²) in [5.74, 6) is 0.292. The van der Waals surface area contributed by atoms with Gasteiger partial charge in [-0.2, -0.15) is 0 Å². The van der Waals surface area contributed by atoms with Gasteiger partial charge in [0.2, 0.25) is 0 Å². The van der Waals surface area contributed by atoms with E-state index in [9.17, 15) is 9.18 Å². The van der Waals surface area contributed by atoms with Crippen LogP contribution in [0.1, 0.15) is 11.4 Å². The minimum absolute atomic E-state index is 0.164. The smallest absolute Gasteiger partial charge is 0.258 e. The first-order chi connectivity index (χ1) is 10.2. The summed E-state index contributed by atoms with van der Waals surface area (Å²) in [7, 11) is 0. The number of hydrogen-bond donors (Lipinski definition) is 2. The number of benzene rings is 2. The molecule has 1 aromatic heterocycles. The molecular formula is C16H14FN3O. The number of nitrogens with one attached hydrogen (secondary N) is 2. The molecule has 4 nitrogen and oxygen atoms in total. The summed E-state index contributed by atoms with van der Waals surface area (Å²) >= 11 is 0. The Hall–Kier alpha value is -2.53. The summed E-state index contributed by atoms with van der Waals surface area (Å²) in [6.07, 6.45) is 0. The maximum Gasteiger partial charge on any atom is 0.258 e. The van der Waals surface area contributed by atoms with Crippen LogP contribution in [0.5, 0.6) is 0 Å². The van der Waals surface area contributed by atoms with Crippen LogP contribution in [0.3, 0.4) is 0 Å². The van der Waals surface area contributed by atoms with Gasteiger partial charge >= 0.3 is 0 Å². The number of hydrogen-bond acceptors (Lipinski definition) is 3. The van der Waals surface area contributed by atoms with Crippen LogP contribution in [-0.2, 0) is 13.1 Å². The van der Waals surface area contributed by atoms with E-state index >= 15 is 0 Å². The molecule has 0 saturated carbocycles. The third kappa shape index (κ3) is 2.98. The van der Waals surface area contributed by atoms with Gasteiger partial charge in [0, 0.05) is 12.1 Å². The first kappa shape index (κ1) is 13.5. The molecule has 0 aliphatic heterocycles. The number of halogens is 1. The standard InChI is InChI=1S/C16H14FN3O/c17-13-7-3-1-5-11(13)9-18-10-15-19-14-8-4-2-6-12(14)16(21)20-15/h1-8,18H,9-10H2,(H,19,20,21). The third-order valence-electron chi connectivity index (χ3n) is 3.23. The van der Waals surface area contributed by atoms with Crippen LogP contribution < -0.4 is 10.9 Å². The number of nitrogens with zero attached hydrogens (tertiary/aromatic N) is 1. The Morgan fingerprint density at radius 3 is 2.67 bits per heavy atom. The molecule has 0 bridgehead atoms. The Morgan fingerprint density at radius 1 is 1.05 bits per heavy atom. The van der Waals surface area contributed by atoms with Gasteiger partial charge in [-0.1, -0.05) is 30.3 Å². The van der Waals surface area contributed by atoms with Crippen LogP contribution in [0.15, 0.2) is 53.3 Å². The van der Waals surface area contributed by atoms with Gasteiger partial charge in [0.25, 0.3) is 5.56 Å². The van der Waals surface area contributed by atoms with Crippen molar-refractivity contribution in [2.45, 2.75) is 13.1 Å². The van der Waals surface area contributed by atoms with E-state index in [2.05, 4.69) is 15.3 Å². The lowest BCUT2D eigenvalue weighted by molar-refractivity contribution is 0.583. The van der Waals surface area contributed by atoms with Crippen LogP contribution >= 0.6 is 0 Å². The molecule has 3 aromatic rings. The maximum atomic E-state index is 13.5. The van der Waals surface area contributed by atoms with Crippen molar-refractivity contribution < 1.29 is 4.39 Å². The van der Waals surface area contributed by atoms with Gasteiger partial charge in [-0.3, -0.25) is 4.79 Å². The highest BCUT2D eigenvalue weighted by Gasteiger charge is 2.04. The first-order valence-corrected chi connectivity index (χ1v) is 6.66. The lowest BCUT2D eigenvalue weighted by Crippen LogP contribution is -2.19. The Morgan fingerprint density at radius 2 is 1.81 bits per heavy atom. The molecule has 0 spiro atoms. The first-order valence-electron chi connectivity index (χ1n) is 6.66. The molecule has 0 atom stereocenters. The van der Waals surface area contributed by atoms with E-state index < -0.39 is 0 Å². The minimum Gasteiger partial charge on any atom is -0.309 e. The van der Waals surface area contributed by atoms with Gasteiger partial charge in [0.1, 0.15) is 11.6 Å². The monoisotopic (exact) mass is 283 g/mol. The molecule has 0 fully saturated rings. The van der Waals surface area contributed by atoms with E-state index in [0.717, 1.165) is 0 Å². The van der Waals surface area contributed by atoms with Gasteiger partial charge in [0.15, 0.2) is 0 Å². The summed E-state index contributed by atoms with van der Waals surface area (Å²) in [4.78, 5) is 19.0. The SMILES string of the molecule is O=c1[nH]c(CNCc2ccccc2F)nc2ccccc12. The molecule has 21 heavy (non-hydrogen) atoms. The molecule has 0 unspecified atom stereocenters. The van der Waals surface area contributed by atoms with Crippen molar-refractivity contribution in [1.82, 2.24) is 15.3 Å². The minimum atomic E-state index is -0.245. The number of para-hydroxylation sites is 1. The molecule has 2 aromatic carbocycles. The predicted molar refractivity (Wildman–Crippen MR) is 79.3 cm³/mol. The van der Waals surface area contributed by atoms with Crippen LogP contribution in [0.25, 0.3) is 10.9 Å². The van der Waals surface area contributed by atoms with E-state index in [4.69, 9.17) is 0 Å². The fourth-order valence-corrected chi connectivity index (χ4v) is 2.18. The zero-order valence-electron chi connectivity index (χ0n) is 11.3. The van der Waals surface area contributed by atoms with Crippen molar-refractivity contribution in [3.8, 4) is 0 Å². The Bertz CT molecular complexity index is 829. The van der Waals surface area contributed by atoms with Gasteiger partial charge in [-0.05, 0) is 18.2 Å². The zero-order chi connectivity index (χ0) is 14.7. The molecule has 0 aliphatic carbocycles. The number of aromatic nitrogens is 2. The summed E-state index contributed by atoms with van der Waals surface area (Å²) in [5, 5.41) is 3.64. The van der Waals surface area contributed by atoms with Gasteiger partial charge < -0.3 is 10.3 Å². The Balaban J connectivity index is 1.74. The van der Waals surface area contributed by atoms with Gasteiger partial charge in [0.05, 0.1) is 17.4 Å². The molecule has 0 radical (unpaired) electrons. The Labute approximate surface area is 120 Å². The number of aromatic amines is 1. The zero-order valence-corrected chi connectivity index (χ0v) is 11.3. The van der Waals surface area contributed by atoms with Crippen molar-refractivity contribution in [3.63, 3.8) is 0 Å². The predicted octanol–water partition coefficient (Wildman–Crippen LogP) is 2.35. The van der Waals surface area contributed by atoms with Crippen molar-refractivity contribution in [2.24, 2.45) is 0 Å². The van der Waals surface area contributed by atoms with E-state index in [1.165, 1.54) is 6.07 Å². The highest BCUT2D eigenvalue weighted by Crippen LogP contribution is 2.07. The normalized spacial score (nSPS) is 10.9. The van der Waals surface area contributed by atoms with Crippen molar-refractivity contribution in [3.05, 3.63) is 76.1 Å². The second-order valence-electron chi connectivity index (χ2n) is 4.72. The lowest BCUT2D eigenvalue weighted by atomic mass is 10.2. The summed E-state index contributed by atoms with van der Waals surface area (Å²) in [6.45, 7) is 0.748. The second kappa shape index (κ2) is 5.85. The fraction of sp³-hybridized carbons (Fsp3) is 0.125. The molecular weight excluding hydrogens is 269 g/mol. The molecule has 106 valence electrons. The molecule has 2 N–H and O–H groups in total. The molecule has 0 aliphatic rings.